The SMILES string of the molecule is Cc1ccc(C(=O)CSc2nnnn2-c2ccc3c(c2)OCCO3)cc1. The second-order valence-corrected chi connectivity index (χ2v) is 6.72. The number of fused-ring (bicyclic) bond motifs is 1. The average molecular weight is 368 g/mol. The Balaban J connectivity index is 1.50. The van der Waals surface area contributed by atoms with E-state index in [4.69, 9.17) is 9.47 Å². The minimum Gasteiger partial charge on any atom is -0.486 e. The normalized spacial score (nSPS) is 12.8. The van der Waals surface area contributed by atoms with Crippen molar-refractivity contribution in [3.8, 4) is 17.2 Å². The van der Waals surface area contributed by atoms with Gasteiger partial charge >= 0.3 is 0 Å². The fraction of sp³-hybridized carbons (Fsp3) is 0.222. The number of aryl methyl sites for hydroxylation is 1. The van der Waals surface area contributed by atoms with Crippen molar-refractivity contribution in [1.29, 1.82) is 0 Å². The lowest BCUT2D eigenvalue weighted by Gasteiger charge is -2.18. The number of carbonyl (C=O) groups is 1. The molecule has 0 spiro atoms. The first kappa shape index (κ1) is 16.6. The minimum atomic E-state index is 0.0340. The monoisotopic (exact) mass is 368 g/mol. The summed E-state index contributed by atoms with van der Waals surface area (Å²) in [5.41, 5.74) is 2.56. The highest BCUT2D eigenvalue weighted by atomic mass is 32.2. The summed E-state index contributed by atoms with van der Waals surface area (Å²) in [4.78, 5) is 12.4. The van der Waals surface area contributed by atoms with Gasteiger partial charge in [0.15, 0.2) is 17.3 Å². The van der Waals surface area contributed by atoms with Crippen LogP contribution in [0, 0.1) is 6.92 Å². The molecule has 2 aromatic carbocycles. The number of ketones is 1. The molecule has 0 N–H and O–H groups in total. The maximum absolute atomic E-state index is 12.4. The molecule has 1 aromatic heterocycles. The first-order valence-corrected chi connectivity index (χ1v) is 9.10. The number of carbonyl (C=O) groups excluding carboxylic acids is 1. The predicted octanol–water partition coefficient (Wildman–Crippen LogP) is 2.72. The Labute approximate surface area is 154 Å². The lowest BCUT2D eigenvalue weighted by Crippen LogP contribution is -2.15. The smallest absolute Gasteiger partial charge is 0.214 e. The molecular formula is C18H16N4O3S. The van der Waals surface area contributed by atoms with Gasteiger partial charge in [-0.05, 0) is 29.5 Å². The number of rotatable bonds is 5. The second-order valence-electron chi connectivity index (χ2n) is 5.78. The largest absolute Gasteiger partial charge is 0.486 e. The third-order valence-electron chi connectivity index (χ3n) is 3.92. The molecule has 0 bridgehead atoms. The Hall–Kier alpha value is -2.87. The lowest BCUT2D eigenvalue weighted by atomic mass is 10.1. The summed E-state index contributed by atoms with van der Waals surface area (Å²) in [6, 6.07) is 13.0. The molecule has 1 aliphatic heterocycles. The summed E-state index contributed by atoms with van der Waals surface area (Å²) < 4.78 is 12.7. The zero-order valence-electron chi connectivity index (χ0n) is 14.1. The van der Waals surface area contributed by atoms with Crippen LogP contribution in [-0.4, -0.2) is 45.0 Å². The highest BCUT2D eigenvalue weighted by molar-refractivity contribution is 7.99. The molecule has 0 aliphatic carbocycles. The van der Waals surface area contributed by atoms with Crippen molar-refractivity contribution in [2.24, 2.45) is 0 Å². The predicted molar refractivity (Wildman–Crippen MR) is 96.4 cm³/mol. The summed E-state index contributed by atoms with van der Waals surface area (Å²) in [6.45, 7) is 3.04. The summed E-state index contributed by atoms with van der Waals surface area (Å²) in [7, 11) is 0. The van der Waals surface area contributed by atoms with E-state index in [-0.39, 0.29) is 11.5 Å². The van der Waals surface area contributed by atoms with Crippen LogP contribution < -0.4 is 9.47 Å². The van der Waals surface area contributed by atoms with E-state index in [9.17, 15) is 4.79 Å². The van der Waals surface area contributed by atoms with E-state index < -0.39 is 0 Å². The van der Waals surface area contributed by atoms with E-state index in [0.717, 1.165) is 11.3 Å². The number of ether oxygens (including phenoxy) is 2. The van der Waals surface area contributed by atoms with E-state index in [0.29, 0.717) is 35.4 Å². The number of nitrogens with zero attached hydrogens (tertiary/aromatic N) is 4. The molecule has 4 rings (SSSR count). The first-order chi connectivity index (χ1) is 12.7. The van der Waals surface area contributed by atoms with Crippen molar-refractivity contribution < 1.29 is 14.3 Å². The Kier molecular flexibility index (Phi) is 4.57. The molecule has 0 fully saturated rings. The lowest BCUT2D eigenvalue weighted by molar-refractivity contribution is 0.102. The quantitative estimate of drug-likeness (QED) is 0.506. The number of benzene rings is 2. The van der Waals surface area contributed by atoms with Crippen LogP contribution in [0.15, 0.2) is 47.6 Å². The topological polar surface area (TPSA) is 79.1 Å². The van der Waals surface area contributed by atoms with E-state index in [1.807, 2.05) is 49.4 Å². The molecule has 26 heavy (non-hydrogen) atoms. The van der Waals surface area contributed by atoms with Gasteiger partial charge in [-0.15, -0.1) is 5.10 Å². The van der Waals surface area contributed by atoms with E-state index in [2.05, 4.69) is 15.5 Å². The summed E-state index contributed by atoms with van der Waals surface area (Å²) >= 11 is 1.30. The number of thioether (sulfide) groups is 1. The van der Waals surface area contributed by atoms with Crippen molar-refractivity contribution in [3.63, 3.8) is 0 Å². The van der Waals surface area contributed by atoms with Crippen LogP contribution in [0.1, 0.15) is 15.9 Å². The number of Topliss-reactive ketones (excluding diaryl/α,β-unsaturated/α-hetero) is 1. The van der Waals surface area contributed by atoms with E-state index in [1.165, 1.54) is 11.8 Å². The molecule has 8 heteroatoms. The molecule has 0 radical (unpaired) electrons. The highest BCUT2D eigenvalue weighted by Gasteiger charge is 2.16. The van der Waals surface area contributed by atoms with Crippen LogP contribution in [0.3, 0.4) is 0 Å². The van der Waals surface area contributed by atoms with Gasteiger partial charge in [-0.25, -0.2) is 0 Å². The fourth-order valence-electron chi connectivity index (χ4n) is 2.55. The summed E-state index contributed by atoms with van der Waals surface area (Å²) in [5, 5.41) is 12.3. The van der Waals surface area contributed by atoms with Crippen molar-refractivity contribution in [3.05, 3.63) is 53.6 Å². The van der Waals surface area contributed by atoms with Crippen molar-refractivity contribution in [2.45, 2.75) is 12.1 Å². The fourth-order valence-corrected chi connectivity index (χ4v) is 3.33. The van der Waals surface area contributed by atoms with Crippen molar-refractivity contribution in [2.75, 3.05) is 19.0 Å². The summed E-state index contributed by atoms with van der Waals surface area (Å²) in [5.74, 6) is 1.66. The molecular weight excluding hydrogens is 352 g/mol. The summed E-state index contributed by atoms with van der Waals surface area (Å²) in [6.07, 6.45) is 0. The van der Waals surface area contributed by atoms with E-state index in [1.54, 1.807) is 4.68 Å². The molecule has 0 amide bonds. The Morgan fingerprint density at radius 2 is 1.88 bits per heavy atom. The van der Waals surface area contributed by atoms with Crippen molar-refractivity contribution in [1.82, 2.24) is 20.2 Å². The van der Waals surface area contributed by atoms with Crippen molar-refractivity contribution >= 4 is 17.5 Å². The molecule has 1 aliphatic rings. The standard InChI is InChI=1S/C18H16N4O3S/c1-12-2-4-13(5-3-12)15(23)11-26-18-19-20-21-22(18)14-6-7-16-17(10-14)25-9-8-24-16/h2-7,10H,8-9,11H2,1H3. The van der Waals surface area contributed by atoms with Gasteiger partial charge < -0.3 is 9.47 Å². The van der Waals surface area contributed by atoms with Crippen LogP contribution in [0.5, 0.6) is 11.5 Å². The number of hydrogen-bond acceptors (Lipinski definition) is 7. The van der Waals surface area contributed by atoms with Gasteiger partial charge in [0.1, 0.15) is 13.2 Å². The second kappa shape index (κ2) is 7.17. The van der Waals surface area contributed by atoms with Gasteiger partial charge in [0.25, 0.3) is 0 Å². The average Bonchev–Trinajstić information content (AvgIpc) is 3.15. The van der Waals surface area contributed by atoms with Crippen LogP contribution in [0.25, 0.3) is 5.69 Å². The van der Waals surface area contributed by atoms with Crippen LogP contribution in [0.4, 0.5) is 0 Å². The number of hydrogen-bond donors (Lipinski definition) is 0. The Morgan fingerprint density at radius 3 is 2.69 bits per heavy atom. The van der Waals surface area contributed by atoms with Gasteiger partial charge in [0.05, 0.1) is 11.4 Å². The van der Waals surface area contributed by atoms with Crippen LogP contribution in [0.2, 0.25) is 0 Å². The zero-order chi connectivity index (χ0) is 17.9. The molecule has 2 heterocycles. The Morgan fingerprint density at radius 1 is 1.12 bits per heavy atom. The number of tetrazole rings is 1. The van der Waals surface area contributed by atoms with Gasteiger partial charge in [0, 0.05) is 11.6 Å². The van der Waals surface area contributed by atoms with Crippen LogP contribution >= 0.6 is 11.8 Å². The molecule has 0 saturated heterocycles. The van der Waals surface area contributed by atoms with Gasteiger partial charge in [-0.1, -0.05) is 41.6 Å². The minimum absolute atomic E-state index is 0.0340. The molecule has 0 atom stereocenters. The van der Waals surface area contributed by atoms with Crippen LogP contribution in [-0.2, 0) is 0 Å². The molecule has 132 valence electrons. The van der Waals surface area contributed by atoms with Gasteiger partial charge in [0.2, 0.25) is 5.16 Å². The molecule has 0 unspecified atom stereocenters. The first-order valence-electron chi connectivity index (χ1n) is 8.12. The third-order valence-corrected chi connectivity index (χ3v) is 4.84. The molecule has 7 nitrogen and oxygen atoms in total. The van der Waals surface area contributed by atoms with Gasteiger partial charge in [-0.3, -0.25) is 4.79 Å². The maximum atomic E-state index is 12.4. The third kappa shape index (κ3) is 3.41. The molecule has 3 aromatic rings. The number of aromatic nitrogens is 4. The Bertz CT molecular complexity index is 940. The molecule has 0 saturated carbocycles. The maximum Gasteiger partial charge on any atom is 0.214 e. The zero-order valence-corrected chi connectivity index (χ0v) is 14.9. The van der Waals surface area contributed by atoms with E-state index >= 15 is 0 Å². The highest BCUT2D eigenvalue weighted by Crippen LogP contribution is 2.32. The van der Waals surface area contributed by atoms with Gasteiger partial charge in [-0.2, -0.15) is 4.68 Å².